The van der Waals surface area contributed by atoms with Crippen molar-refractivity contribution in [1.82, 2.24) is 10.2 Å². The molecule has 0 aliphatic rings. The summed E-state index contributed by atoms with van der Waals surface area (Å²) in [5, 5.41) is 8.48. The molecule has 7 heteroatoms. The van der Waals surface area contributed by atoms with E-state index in [9.17, 15) is 4.79 Å². The monoisotopic (exact) mass is 540 g/mol. The summed E-state index contributed by atoms with van der Waals surface area (Å²) in [7, 11) is 0. The van der Waals surface area contributed by atoms with E-state index < -0.39 is 0 Å². The lowest BCUT2D eigenvalue weighted by Crippen LogP contribution is -2.01. The molecule has 0 fully saturated rings. The van der Waals surface area contributed by atoms with Crippen LogP contribution in [0.3, 0.4) is 0 Å². The summed E-state index contributed by atoms with van der Waals surface area (Å²) in [4.78, 5) is 20.0. The zero-order valence-corrected chi connectivity index (χ0v) is 23.5. The fourth-order valence-electron chi connectivity index (χ4n) is 3.85. The number of nitrogens with zero attached hydrogens (tertiary/aromatic N) is 4. The minimum atomic E-state index is -0.355. The van der Waals surface area contributed by atoms with Crippen LogP contribution >= 0.6 is 0 Å². The molecule has 40 heavy (non-hydrogen) atoms. The lowest BCUT2D eigenvalue weighted by Gasteiger charge is -2.06. The number of carbonyl (C=O) groups excluding carboxylic acids is 1. The number of aliphatic imine (C=N–C) groups is 2. The molecular formula is C33H40N4O3. The van der Waals surface area contributed by atoms with Crippen molar-refractivity contribution < 1.29 is 14.3 Å². The van der Waals surface area contributed by atoms with Crippen molar-refractivity contribution in [1.29, 1.82) is 0 Å². The first-order chi connectivity index (χ1) is 19.7. The quantitative estimate of drug-likeness (QED) is 0.0712. The fraction of sp³-hybridized carbons (Fsp3) is 0.364. The van der Waals surface area contributed by atoms with Crippen LogP contribution in [-0.4, -0.2) is 41.8 Å². The van der Waals surface area contributed by atoms with Crippen LogP contribution in [0.1, 0.15) is 75.1 Å². The summed E-state index contributed by atoms with van der Waals surface area (Å²) in [5.74, 6) is 1.10. The summed E-state index contributed by atoms with van der Waals surface area (Å²) < 4.78 is 10.8. The summed E-state index contributed by atoms with van der Waals surface area (Å²) in [6.07, 6.45) is 14.5. The Hall–Kier alpha value is -4.13. The van der Waals surface area contributed by atoms with E-state index in [0.717, 1.165) is 73.2 Å². The van der Waals surface area contributed by atoms with Crippen LogP contribution < -0.4 is 4.74 Å². The van der Waals surface area contributed by atoms with Gasteiger partial charge in [-0.05, 0) is 73.2 Å². The maximum absolute atomic E-state index is 11.0. The summed E-state index contributed by atoms with van der Waals surface area (Å²) in [5.41, 5.74) is 3.88. The fourth-order valence-corrected chi connectivity index (χ4v) is 3.85. The summed E-state index contributed by atoms with van der Waals surface area (Å²) >= 11 is 0. The Kier molecular flexibility index (Phi) is 13.8. The molecule has 0 aliphatic carbocycles. The molecule has 0 radical (unpaired) electrons. The van der Waals surface area contributed by atoms with Gasteiger partial charge in [0.05, 0.1) is 24.6 Å². The Balaban J connectivity index is 1.34. The molecule has 3 rings (SSSR count). The van der Waals surface area contributed by atoms with Gasteiger partial charge in [0.1, 0.15) is 5.75 Å². The first kappa shape index (κ1) is 30.4. The van der Waals surface area contributed by atoms with E-state index in [1.807, 2.05) is 66.9 Å². The topological polar surface area (TPSA) is 86.0 Å². The number of aryl methyl sites for hydroxylation is 1. The smallest absolute Gasteiger partial charge is 0.330 e. The molecule has 0 atom stereocenters. The van der Waals surface area contributed by atoms with E-state index in [0.29, 0.717) is 19.0 Å². The number of rotatable bonds is 18. The third-order valence-electron chi connectivity index (χ3n) is 6.19. The molecule has 0 amide bonds. The van der Waals surface area contributed by atoms with Gasteiger partial charge < -0.3 is 9.47 Å². The van der Waals surface area contributed by atoms with Crippen LogP contribution in [0.4, 0.5) is 11.5 Å². The number of hydrogen-bond acceptors (Lipinski definition) is 7. The number of esters is 1. The molecule has 7 nitrogen and oxygen atoms in total. The van der Waals surface area contributed by atoms with E-state index in [1.54, 1.807) is 6.21 Å². The SMILES string of the molecule is C=CC(=O)OCCCCCCCOc1ccc(N=Cc2ccc(C=Nc3ccc(CCCCC)nn3)cc2)cc1. The highest BCUT2D eigenvalue weighted by Crippen LogP contribution is 2.19. The Bertz CT molecular complexity index is 1200. The molecule has 0 saturated carbocycles. The maximum Gasteiger partial charge on any atom is 0.330 e. The molecule has 0 N–H and O–H groups in total. The van der Waals surface area contributed by atoms with E-state index in [2.05, 4.69) is 33.7 Å². The van der Waals surface area contributed by atoms with Gasteiger partial charge in [0, 0.05) is 18.5 Å². The third kappa shape index (κ3) is 12.2. The highest BCUT2D eigenvalue weighted by Gasteiger charge is 1.99. The van der Waals surface area contributed by atoms with E-state index in [4.69, 9.17) is 9.47 Å². The highest BCUT2D eigenvalue weighted by molar-refractivity contribution is 5.86. The van der Waals surface area contributed by atoms with Crippen molar-refractivity contribution in [3.05, 3.63) is 90.1 Å². The molecule has 1 heterocycles. The van der Waals surface area contributed by atoms with Crippen LogP contribution in [0.15, 0.2) is 83.3 Å². The predicted octanol–water partition coefficient (Wildman–Crippen LogP) is 7.77. The standard InChI is InChI=1S/C33H40N4O3/c1-3-5-9-12-30-19-22-32(37-36-30)35-26-28-15-13-27(14-16-28)25-34-29-17-20-31(21-18-29)39-23-10-7-6-8-11-24-40-33(38)4-2/h4,13-22,25-26H,2-3,5-12,23-24H2,1H3. The molecule has 0 saturated heterocycles. The van der Waals surface area contributed by atoms with E-state index in [-0.39, 0.29) is 5.97 Å². The van der Waals surface area contributed by atoms with Crippen LogP contribution in [-0.2, 0) is 16.0 Å². The van der Waals surface area contributed by atoms with Gasteiger partial charge in [-0.15, -0.1) is 5.10 Å². The number of unbranched alkanes of at least 4 members (excludes halogenated alkanes) is 6. The van der Waals surface area contributed by atoms with Crippen LogP contribution in [0.2, 0.25) is 0 Å². The number of carbonyl (C=O) groups is 1. The molecule has 0 spiro atoms. The van der Waals surface area contributed by atoms with Crippen LogP contribution in [0, 0.1) is 0 Å². The number of aromatic nitrogens is 2. The van der Waals surface area contributed by atoms with Gasteiger partial charge in [0.25, 0.3) is 0 Å². The van der Waals surface area contributed by atoms with Gasteiger partial charge in [-0.1, -0.05) is 69.9 Å². The lowest BCUT2D eigenvalue weighted by atomic mass is 10.1. The summed E-state index contributed by atoms with van der Waals surface area (Å²) in [6.45, 7) is 6.72. The Labute approximate surface area is 238 Å². The van der Waals surface area contributed by atoms with Gasteiger partial charge in [0.15, 0.2) is 5.82 Å². The number of hydrogen-bond donors (Lipinski definition) is 0. The summed E-state index contributed by atoms with van der Waals surface area (Å²) in [6, 6.07) is 19.8. The highest BCUT2D eigenvalue weighted by atomic mass is 16.5. The molecule has 210 valence electrons. The minimum Gasteiger partial charge on any atom is -0.494 e. The molecule has 2 aromatic carbocycles. The molecular weight excluding hydrogens is 500 g/mol. The van der Waals surface area contributed by atoms with Crippen molar-refractivity contribution in [2.24, 2.45) is 9.98 Å². The van der Waals surface area contributed by atoms with Gasteiger partial charge >= 0.3 is 5.97 Å². The number of ether oxygens (including phenoxy) is 2. The number of benzene rings is 2. The average molecular weight is 541 g/mol. The molecule has 3 aromatic rings. The van der Waals surface area contributed by atoms with Crippen molar-refractivity contribution in [3.8, 4) is 5.75 Å². The first-order valence-electron chi connectivity index (χ1n) is 14.2. The second-order valence-corrected chi connectivity index (χ2v) is 9.50. The zero-order chi connectivity index (χ0) is 28.3. The van der Waals surface area contributed by atoms with E-state index in [1.165, 1.54) is 18.9 Å². The Morgan fingerprint density at radius 1 is 0.775 bits per heavy atom. The largest absolute Gasteiger partial charge is 0.494 e. The predicted molar refractivity (Wildman–Crippen MR) is 162 cm³/mol. The zero-order valence-electron chi connectivity index (χ0n) is 23.5. The van der Waals surface area contributed by atoms with Crippen molar-refractivity contribution in [2.75, 3.05) is 13.2 Å². The first-order valence-corrected chi connectivity index (χ1v) is 14.2. The molecule has 0 aliphatic heterocycles. The Morgan fingerprint density at radius 3 is 2.10 bits per heavy atom. The maximum atomic E-state index is 11.0. The van der Waals surface area contributed by atoms with Crippen LogP contribution in [0.25, 0.3) is 0 Å². The molecule has 1 aromatic heterocycles. The second kappa shape index (κ2) is 18.2. The van der Waals surface area contributed by atoms with Gasteiger partial charge in [-0.3, -0.25) is 4.99 Å². The average Bonchev–Trinajstić information content (AvgIpc) is 3.00. The normalized spacial score (nSPS) is 11.2. The van der Waals surface area contributed by atoms with Gasteiger partial charge in [-0.25, -0.2) is 9.79 Å². The van der Waals surface area contributed by atoms with Crippen molar-refractivity contribution >= 4 is 29.9 Å². The second-order valence-electron chi connectivity index (χ2n) is 9.50. The molecule has 0 unspecified atom stereocenters. The van der Waals surface area contributed by atoms with Gasteiger partial charge in [-0.2, -0.15) is 5.10 Å². The minimum absolute atomic E-state index is 0.355. The Morgan fingerprint density at radius 2 is 1.45 bits per heavy atom. The van der Waals surface area contributed by atoms with Crippen molar-refractivity contribution in [3.63, 3.8) is 0 Å². The van der Waals surface area contributed by atoms with Crippen molar-refractivity contribution in [2.45, 2.75) is 64.7 Å². The third-order valence-corrected chi connectivity index (χ3v) is 6.19. The van der Waals surface area contributed by atoms with E-state index >= 15 is 0 Å². The molecule has 0 bridgehead atoms. The van der Waals surface area contributed by atoms with Crippen LogP contribution in [0.5, 0.6) is 5.75 Å². The van der Waals surface area contributed by atoms with Gasteiger partial charge in [0.2, 0.25) is 0 Å². The lowest BCUT2D eigenvalue weighted by molar-refractivity contribution is -0.137.